The minimum Gasteiger partial charge on any atom is -0.115 e. The Morgan fingerprint density at radius 2 is 2.00 bits per heavy atom. The van der Waals surface area contributed by atoms with E-state index in [9.17, 15) is 0 Å². The van der Waals surface area contributed by atoms with Crippen LogP contribution in [0.25, 0.3) is 6.08 Å². The van der Waals surface area contributed by atoms with E-state index in [0.29, 0.717) is 0 Å². The molecule has 1 aromatic carbocycles. The lowest BCUT2D eigenvalue weighted by atomic mass is 10.1. The van der Waals surface area contributed by atoms with Gasteiger partial charge in [-0.3, -0.25) is 0 Å². The molecule has 0 heteroatoms. The Morgan fingerprint density at radius 3 is 2.50 bits per heavy atom. The molecule has 1 radical (unpaired) electrons. The fourth-order valence-electron chi connectivity index (χ4n) is 0.774. The van der Waals surface area contributed by atoms with Gasteiger partial charge < -0.3 is 0 Å². The molecule has 47 valence electrons. The summed E-state index contributed by atoms with van der Waals surface area (Å²) < 4.78 is 0. The molecule has 0 nitrogen and oxygen atoms in total. The van der Waals surface area contributed by atoms with Gasteiger partial charge in [0.15, 0.2) is 0 Å². The zero-order chi connectivity index (χ0) is 7.40. The lowest BCUT2D eigenvalue weighted by molar-refractivity contribution is 1.60. The molecule has 0 spiro atoms. The van der Waals surface area contributed by atoms with E-state index >= 15 is 0 Å². The molecule has 0 aromatic heterocycles. The van der Waals surface area contributed by atoms with Crippen LogP contribution < -0.4 is 0 Å². The van der Waals surface area contributed by atoms with Crippen molar-refractivity contribution in [2.45, 2.75) is 0 Å². The van der Waals surface area contributed by atoms with Crippen LogP contribution in [0.4, 0.5) is 0 Å². The van der Waals surface area contributed by atoms with Crippen LogP contribution >= 0.6 is 0 Å². The van der Waals surface area contributed by atoms with Gasteiger partial charge in [-0.25, -0.2) is 0 Å². The molecule has 0 saturated heterocycles. The van der Waals surface area contributed by atoms with Crippen LogP contribution in [0, 0.1) is 18.9 Å². The predicted octanol–water partition coefficient (Wildman–Crippen LogP) is 2.11. The van der Waals surface area contributed by atoms with Crippen molar-refractivity contribution in [2.24, 2.45) is 0 Å². The first kappa shape index (κ1) is 6.64. The van der Waals surface area contributed by atoms with Gasteiger partial charge in [-0.15, -0.1) is 6.42 Å². The Hall–Kier alpha value is -1.48. The maximum absolute atomic E-state index is 5.31. The number of hydrogen-bond donors (Lipinski definition) is 0. The van der Waals surface area contributed by atoms with E-state index in [4.69, 9.17) is 13.0 Å². The molecule has 0 aliphatic carbocycles. The zero-order valence-electron chi connectivity index (χ0n) is 5.54. The largest absolute Gasteiger partial charge is 0.115 e. The van der Waals surface area contributed by atoms with Gasteiger partial charge in [0.25, 0.3) is 0 Å². The molecule has 0 fully saturated rings. The minimum atomic E-state index is 0.838. The lowest BCUT2D eigenvalue weighted by Gasteiger charge is -1.94. The fourth-order valence-corrected chi connectivity index (χ4v) is 0.774. The van der Waals surface area contributed by atoms with Crippen LogP contribution in [-0.4, -0.2) is 0 Å². The summed E-state index contributed by atoms with van der Waals surface area (Å²) in [5, 5.41) is 0. The third-order valence-corrected chi connectivity index (χ3v) is 1.30. The second-order valence-electron chi connectivity index (χ2n) is 1.90. The van der Waals surface area contributed by atoms with E-state index in [1.165, 1.54) is 6.08 Å². The number of terminal acetylenes is 1. The maximum Gasteiger partial charge on any atom is 0.0315 e. The van der Waals surface area contributed by atoms with Gasteiger partial charge in [0.05, 0.1) is 0 Å². The van der Waals surface area contributed by atoms with Gasteiger partial charge in [-0.2, -0.15) is 0 Å². The first-order chi connectivity index (χ1) is 4.88. The van der Waals surface area contributed by atoms with Gasteiger partial charge in [-0.05, 0) is 11.6 Å². The Labute approximate surface area is 61.2 Å². The standard InChI is InChI=1S/C10H7/c1-3-9-7-5-6-8-10(9)4-2/h1-3,5-8H. The lowest BCUT2D eigenvalue weighted by Crippen LogP contribution is -1.77. The average Bonchev–Trinajstić information content (AvgIpc) is 2.04. The highest BCUT2D eigenvalue weighted by molar-refractivity contribution is 5.56. The van der Waals surface area contributed by atoms with Crippen LogP contribution in [0.2, 0.25) is 0 Å². The van der Waals surface area contributed by atoms with Crippen LogP contribution in [0.1, 0.15) is 11.1 Å². The molecule has 0 aliphatic rings. The van der Waals surface area contributed by atoms with Gasteiger partial charge in [0.2, 0.25) is 0 Å². The molecule has 0 aliphatic heterocycles. The molecule has 0 N–H and O–H groups in total. The van der Waals surface area contributed by atoms with Crippen molar-refractivity contribution < 1.29 is 0 Å². The summed E-state index contributed by atoms with van der Waals surface area (Å²) in [5.41, 5.74) is 1.75. The smallest absolute Gasteiger partial charge is 0.0315 e. The Kier molecular flexibility index (Phi) is 1.92. The molecule has 0 unspecified atom stereocenters. The van der Waals surface area contributed by atoms with E-state index in [2.05, 4.69) is 5.92 Å². The van der Waals surface area contributed by atoms with E-state index in [1.807, 2.05) is 24.3 Å². The van der Waals surface area contributed by atoms with E-state index in [-0.39, 0.29) is 0 Å². The highest BCUT2D eigenvalue weighted by atomic mass is 13.9. The van der Waals surface area contributed by atoms with Crippen molar-refractivity contribution in [1.29, 1.82) is 0 Å². The molecule has 0 heterocycles. The number of rotatable bonds is 1. The molecule has 10 heavy (non-hydrogen) atoms. The predicted molar refractivity (Wildman–Crippen MR) is 43.1 cm³/mol. The number of benzene rings is 1. The molecular formula is C10H7. The summed E-state index contributed by atoms with van der Waals surface area (Å²) in [6.07, 6.45) is 6.71. The topological polar surface area (TPSA) is 0 Å². The summed E-state index contributed by atoms with van der Waals surface area (Å²) in [4.78, 5) is 0. The SMILES string of the molecule is [CH]=Cc1ccccc1C#C. The molecule has 0 saturated carbocycles. The van der Waals surface area contributed by atoms with Crippen molar-refractivity contribution in [1.82, 2.24) is 0 Å². The summed E-state index contributed by atoms with van der Waals surface area (Å²) in [7, 11) is 0. The van der Waals surface area contributed by atoms with Crippen LogP contribution in [0.5, 0.6) is 0 Å². The van der Waals surface area contributed by atoms with Crippen molar-refractivity contribution >= 4 is 6.08 Å². The molecule has 1 rings (SSSR count). The van der Waals surface area contributed by atoms with E-state index < -0.39 is 0 Å². The van der Waals surface area contributed by atoms with Crippen LogP contribution in [0.3, 0.4) is 0 Å². The third-order valence-electron chi connectivity index (χ3n) is 1.30. The van der Waals surface area contributed by atoms with E-state index in [0.717, 1.165) is 11.1 Å². The van der Waals surface area contributed by atoms with Crippen LogP contribution in [0.15, 0.2) is 24.3 Å². The third kappa shape index (κ3) is 1.09. The van der Waals surface area contributed by atoms with E-state index in [1.54, 1.807) is 0 Å². The molecule has 0 bridgehead atoms. The van der Waals surface area contributed by atoms with Gasteiger partial charge in [0, 0.05) is 5.56 Å². The normalized spacial score (nSPS) is 8.30. The minimum absolute atomic E-state index is 0.838. The molecule has 0 atom stereocenters. The van der Waals surface area contributed by atoms with Crippen LogP contribution in [-0.2, 0) is 0 Å². The summed E-state index contributed by atoms with van der Waals surface area (Å²) >= 11 is 0. The average molecular weight is 127 g/mol. The zero-order valence-corrected chi connectivity index (χ0v) is 5.54. The Balaban J connectivity index is 3.24. The molecular weight excluding hydrogens is 120 g/mol. The number of hydrogen-bond acceptors (Lipinski definition) is 0. The monoisotopic (exact) mass is 127 g/mol. The fraction of sp³-hybridized carbons (Fsp3) is 0. The Bertz CT molecular complexity index is 276. The summed E-state index contributed by atoms with van der Waals surface area (Å²) in [5.74, 6) is 2.54. The van der Waals surface area contributed by atoms with Gasteiger partial charge in [-0.1, -0.05) is 36.8 Å². The summed E-state index contributed by atoms with van der Waals surface area (Å²) in [6.45, 7) is 5.31. The quantitative estimate of drug-likeness (QED) is 0.507. The highest BCUT2D eigenvalue weighted by Crippen LogP contribution is 2.07. The summed E-state index contributed by atoms with van der Waals surface area (Å²) in [6, 6.07) is 7.54. The second kappa shape index (κ2) is 2.89. The molecule has 1 aromatic rings. The van der Waals surface area contributed by atoms with Gasteiger partial charge >= 0.3 is 0 Å². The Morgan fingerprint density at radius 1 is 1.30 bits per heavy atom. The first-order valence-corrected chi connectivity index (χ1v) is 2.99. The highest BCUT2D eigenvalue weighted by Gasteiger charge is 1.90. The van der Waals surface area contributed by atoms with Crippen molar-refractivity contribution in [3.63, 3.8) is 0 Å². The van der Waals surface area contributed by atoms with Crippen molar-refractivity contribution in [3.05, 3.63) is 42.0 Å². The first-order valence-electron chi connectivity index (χ1n) is 2.99. The second-order valence-corrected chi connectivity index (χ2v) is 1.90. The van der Waals surface area contributed by atoms with Crippen molar-refractivity contribution in [3.8, 4) is 12.3 Å². The molecule has 0 amide bonds. The van der Waals surface area contributed by atoms with Crippen molar-refractivity contribution in [2.75, 3.05) is 0 Å². The van der Waals surface area contributed by atoms with Gasteiger partial charge in [0.1, 0.15) is 0 Å². The maximum atomic E-state index is 5.31.